The minimum Gasteiger partial charge on any atom is -0.294 e. The van der Waals surface area contributed by atoms with Crippen molar-refractivity contribution in [1.82, 2.24) is 0 Å². The fourth-order valence-electron chi connectivity index (χ4n) is 0.726. The Labute approximate surface area is 82.4 Å². The number of carbonyl (C=O) groups is 1. The quantitative estimate of drug-likeness (QED) is 0.562. The first-order valence-electron chi connectivity index (χ1n) is 3.95. The van der Waals surface area contributed by atoms with Crippen molar-refractivity contribution in [3.63, 3.8) is 0 Å². The van der Waals surface area contributed by atoms with E-state index in [2.05, 4.69) is 29.5 Å². The van der Waals surface area contributed by atoms with Crippen molar-refractivity contribution in [3.8, 4) is 0 Å². The predicted molar refractivity (Wildman–Crippen MR) is 56.9 cm³/mol. The molecule has 11 heavy (non-hydrogen) atoms. The molecule has 0 aliphatic carbocycles. The van der Waals surface area contributed by atoms with Crippen LogP contribution in [0.5, 0.6) is 0 Å². The second kappa shape index (κ2) is 5.75. The largest absolute Gasteiger partial charge is 0.294 e. The van der Waals surface area contributed by atoms with Crippen molar-refractivity contribution >= 4 is 28.4 Å². The van der Waals surface area contributed by atoms with Gasteiger partial charge in [-0.25, -0.2) is 0 Å². The van der Waals surface area contributed by atoms with Gasteiger partial charge in [0.15, 0.2) is 5.78 Å². The van der Waals surface area contributed by atoms with Crippen molar-refractivity contribution in [2.24, 2.45) is 0 Å². The van der Waals surface area contributed by atoms with Crippen molar-refractivity contribution in [2.45, 2.75) is 40.0 Å². The van der Waals surface area contributed by atoms with Gasteiger partial charge in [-0.3, -0.25) is 4.79 Å². The average molecular weight is 266 g/mol. The fourth-order valence-corrected chi connectivity index (χ4v) is 0.996. The summed E-state index contributed by atoms with van der Waals surface area (Å²) in [6, 6.07) is 0. The van der Waals surface area contributed by atoms with Crippen LogP contribution < -0.4 is 0 Å². The maximum Gasteiger partial charge on any atom is 0.168 e. The number of carbonyl (C=O) groups excluding carboxylic acids is 1. The molecular formula is C9H15IO. The zero-order valence-electron chi connectivity index (χ0n) is 7.41. The van der Waals surface area contributed by atoms with E-state index in [-0.39, 0.29) is 0 Å². The fraction of sp³-hybridized carbons (Fsp3) is 0.667. The minimum atomic E-state index is 0.299. The highest BCUT2D eigenvalue weighted by Gasteiger charge is 2.05. The van der Waals surface area contributed by atoms with E-state index in [1.165, 1.54) is 0 Å². The Morgan fingerprint density at radius 1 is 1.36 bits per heavy atom. The lowest BCUT2D eigenvalue weighted by molar-refractivity contribution is -0.114. The third-order valence-electron chi connectivity index (χ3n) is 1.44. The molecule has 0 amide bonds. The van der Waals surface area contributed by atoms with E-state index in [9.17, 15) is 4.79 Å². The summed E-state index contributed by atoms with van der Waals surface area (Å²) in [6.07, 6.45) is 2.82. The Morgan fingerprint density at radius 3 is 2.27 bits per heavy atom. The van der Waals surface area contributed by atoms with Crippen LogP contribution >= 0.6 is 22.6 Å². The highest BCUT2D eigenvalue weighted by atomic mass is 127. The maximum atomic E-state index is 11.3. The molecule has 0 aliphatic rings. The van der Waals surface area contributed by atoms with Crippen LogP contribution in [0.2, 0.25) is 0 Å². The van der Waals surface area contributed by atoms with Crippen LogP contribution in [0.25, 0.3) is 0 Å². The monoisotopic (exact) mass is 266 g/mol. The molecule has 0 fully saturated rings. The third kappa shape index (κ3) is 4.56. The maximum absolute atomic E-state index is 11.3. The molecule has 2 heteroatoms. The summed E-state index contributed by atoms with van der Waals surface area (Å²) in [7, 11) is 0. The van der Waals surface area contributed by atoms with Crippen molar-refractivity contribution < 1.29 is 4.79 Å². The van der Waals surface area contributed by atoms with E-state index in [1.807, 2.05) is 13.8 Å². The van der Waals surface area contributed by atoms with Crippen LogP contribution in [0.1, 0.15) is 40.0 Å². The van der Waals surface area contributed by atoms with Crippen LogP contribution in [-0.4, -0.2) is 5.78 Å². The molecule has 0 rings (SSSR count). The van der Waals surface area contributed by atoms with E-state index in [0.29, 0.717) is 12.2 Å². The van der Waals surface area contributed by atoms with E-state index in [0.717, 1.165) is 22.0 Å². The Hall–Kier alpha value is 0.140. The number of Topliss-reactive ketones (excluding diaryl/α,β-unsaturated/α-hetero) is 1. The average Bonchev–Trinajstić information content (AvgIpc) is 1.98. The molecule has 64 valence electrons. The summed E-state index contributed by atoms with van der Waals surface area (Å²) in [6.45, 7) is 6.06. The van der Waals surface area contributed by atoms with Gasteiger partial charge in [-0.05, 0) is 42.9 Å². The molecule has 0 bridgehead atoms. The molecule has 0 aliphatic heterocycles. The first kappa shape index (κ1) is 11.1. The van der Waals surface area contributed by atoms with E-state index in [4.69, 9.17) is 0 Å². The highest BCUT2D eigenvalue weighted by molar-refractivity contribution is 14.1. The number of hydrogen-bond acceptors (Lipinski definition) is 1. The van der Waals surface area contributed by atoms with Gasteiger partial charge in [0, 0.05) is 6.42 Å². The lowest BCUT2D eigenvalue weighted by atomic mass is 10.1. The van der Waals surface area contributed by atoms with Crippen molar-refractivity contribution in [1.29, 1.82) is 0 Å². The molecule has 0 aromatic carbocycles. The third-order valence-corrected chi connectivity index (χ3v) is 3.12. The van der Waals surface area contributed by atoms with E-state index < -0.39 is 0 Å². The normalized spacial score (nSPS) is 9.45. The summed E-state index contributed by atoms with van der Waals surface area (Å²) < 4.78 is 0.913. The summed E-state index contributed by atoms with van der Waals surface area (Å²) in [5, 5.41) is 0. The van der Waals surface area contributed by atoms with Gasteiger partial charge in [-0.1, -0.05) is 18.9 Å². The number of unbranched alkanes of at least 4 members (excludes halogenated alkanes) is 1. The van der Waals surface area contributed by atoms with Gasteiger partial charge in [0.25, 0.3) is 0 Å². The lowest BCUT2D eigenvalue weighted by Crippen LogP contribution is -1.97. The number of allylic oxidation sites excluding steroid dienone is 2. The van der Waals surface area contributed by atoms with Gasteiger partial charge in [0.1, 0.15) is 0 Å². The molecule has 0 heterocycles. The molecule has 0 aromatic heterocycles. The Bertz CT molecular complexity index is 166. The summed E-state index contributed by atoms with van der Waals surface area (Å²) in [5.74, 6) is 0.299. The number of rotatable bonds is 4. The standard InChI is InChI=1S/C9H15IO/c1-4-5-6-8(11)9(10)7(2)3/h4-6H2,1-3H3. The molecule has 1 nitrogen and oxygen atoms in total. The molecule has 0 saturated carbocycles. The zero-order chi connectivity index (χ0) is 8.85. The molecule has 0 radical (unpaired) electrons. The smallest absolute Gasteiger partial charge is 0.168 e. The van der Waals surface area contributed by atoms with E-state index >= 15 is 0 Å². The van der Waals surface area contributed by atoms with Crippen LogP contribution in [0, 0.1) is 0 Å². The van der Waals surface area contributed by atoms with Gasteiger partial charge in [0.05, 0.1) is 3.58 Å². The minimum absolute atomic E-state index is 0.299. The van der Waals surface area contributed by atoms with Crippen molar-refractivity contribution in [3.05, 3.63) is 9.15 Å². The van der Waals surface area contributed by atoms with Gasteiger partial charge in [-0.2, -0.15) is 0 Å². The predicted octanol–water partition coefficient (Wildman–Crippen LogP) is 3.47. The number of ketones is 1. The summed E-state index contributed by atoms with van der Waals surface area (Å²) in [5.41, 5.74) is 1.13. The SMILES string of the molecule is CCCCC(=O)C(I)=C(C)C. The molecular weight excluding hydrogens is 251 g/mol. The molecule has 0 saturated heterocycles. The second-order valence-corrected chi connectivity index (χ2v) is 3.92. The Morgan fingerprint density at radius 2 is 1.91 bits per heavy atom. The van der Waals surface area contributed by atoms with Crippen LogP contribution in [0.4, 0.5) is 0 Å². The first-order valence-corrected chi connectivity index (χ1v) is 5.03. The molecule has 0 unspecified atom stereocenters. The van der Waals surface area contributed by atoms with Crippen molar-refractivity contribution in [2.75, 3.05) is 0 Å². The second-order valence-electron chi connectivity index (χ2n) is 2.84. The number of hydrogen-bond donors (Lipinski definition) is 0. The van der Waals surface area contributed by atoms with Gasteiger partial charge < -0.3 is 0 Å². The van der Waals surface area contributed by atoms with Crippen LogP contribution in [0.15, 0.2) is 9.15 Å². The zero-order valence-corrected chi connectivity index (χ0v) is 9.57. The van der Waals surface area contributed by atoms with Crippen LogP contribution in [0.3, 0.4) is 0 Å². The molecule has 0 aromatic rings. The summed E-state index contributed by atoms with van der Waals surface area (Å²) >= 11 is 2.13. The molecule has 0 N–H and O–H groups in total. The molecule has 0 spiro atoms. The van der Waals surface area contributed by atoms with Gasteiger partial charge in [-0.15, -0.1) is 0 Å². The highest BCUT2D eigenvalue weighted by Crippen LogP contribution is 2.16. The lowest BCUT2D eigenvalue weighted by Gasteiger charge is -1.99. The Kier molecular flexibility index (Phi) is 5.82. The van der Waals surface area contributed by atoms with Gasteiger partial charge in [0.2, 0.25) is 0 Å². The van der Waals surface area contributed by atoms with Crippen LogP contribution in [-0.2, 0) is 4.79 Å². The Balaban J connectivity index is 3.95. The number of halogens is 1. The summed E-state index contributed by atoms with van der Waals surface area (Å²) in [4.78, 5) is 11.3. The molecule has 0 atom stereocenters. The van der Waals surface area contributed by atoms with E-state index in [1.54, 1.807) is 0 Å². The van der Waals surface area contributed by atoms with Gasteiger partial charge >= 0.3 is 0 Å². The topological polar surface area (TPSA) is 17.1 Å². The first-order chi connectivity index (χ1) is 5.09.